The van der Waals surface area contributed by atoms with Crippen molar-refractivity contribution in [3.63, 3.8) is 0 Å². The van der Waals surface area contributed by atoms with Crippen molar-refractivity contribution in [1.82, 2.24) is 20.5 Å². The van der Waals surface area contributed by atoms with E-state index in [4.69, 9.17) is 0 Å². The fraction of sp³-hybridized carbons (Fsp3) is 0.409. The van der Waals surface area contributed by atoms with Crippen molar-refractivity contribution in [3.05, 3.63) is 66.0 Å². The molecule has 1 aliphatic heterocycles. The summed E-state index contributed by atoms with van der Waals surface area (Å²) in [7, 11) is 1.94. The second-order valence-electron chi connectivity index (χ2n) is 7.31. The Labute approximate surface area is 190 Å². The Balaban J connectivity index is 0.00000225. The molecule has 1 aromatic heterocycles. The van der Waals surface area contributed by atoms with Gasteiger partial charge < -0.3 is 15.5 Å². The topological polar surface area (TPSA) is 74.3 Å². The highest BCUT2D eigenvalue weighted by molar-refractivity contribution is 5.97. The molecule has 3 rings (SSSR count). The maximum atomic E-state index is 13.3. The Morgan fingerprint density at radius 2 is 1.93 bits per heavy atom. The molecule has 1 aliphatic rings. The van der Waals surface area contributed by atoms with Crippen LogP contribution in [-0.2, 0) is 11.2 Å². The summed E-state index contributed by atoms with van der Waals surface area (Å²) in [6.07, 6.45) is 5.99. The number of carbonyl (C=O) groups is 2. The summed E-state index contributed by atoms with van der Waals surface area (Å²) in [5, 5.41) is 6.16. The highest BCUT2D eigenvalue weighted by Crippen LogP contribution is 2.18. The van der Waals surface area contributed by atoms with Crippen molar-refractivity contribution in [2.45, 2.75) is 25.3 Å². The minimum atomic E-state index is -0.606. The number of piperidine rings is 1. The lowest BCUT2D eigenvalue weighted by Crippen LogP contribution is -2.53. The molecule has 0 bridgehead atoms. The van der Waals surface area contributed by atoms with Gasteiger partial charge in [-0.3, -0.25) is 14.6 Å². The summed E-state index contributed by atoms with van der Waals surface area (Å²) in [6, 6.07) is 12.2. The molecule has 30 heavy (non-hydrogen) atoms. The van der Waals surface area contributed by atoms with Gasteiger partial charge in [-0.1, -0.05) is 24.3 Å². The highest BCUT2D eigenvalue weighted by Gasteiger charge is 2.30. The summed E-state index contributed by atoms with van der Waals surface area (Å²) in [5.74, 6) is 0.201. The third kappa shape index (κ3) is 7.27. The van der Waals surface area contributed by atoms with Crippen molar-refractivity contribution in [2.24, 2.45) is 5.92 Å². The smallest absolute Gasteiger partial charge is 0.251 e. The van der Waals surface area contributed by atoms with E-state index in [0.717, 1.165) is 38.0 Å². The second-order valence-corrected chi connectivity index (χ2v) is 7.31. The molecular formula is C22H30Cl2N4O2. The van der Waals surface area contributed by atoms with Gasteiger partial charge in [0.05, 0.1) is 0 Å². The molecular weight excluding hydrogens is 423 g/mol. The number of amides is 2. The molecule has 164 valence electrons. The van der Waals surface area contributed by atoms with E-state index < -0.39 is 6.04 Å². The van der Waals surface area contributed by atoms with Crippen molar-refractivity contribution < 1.29 is 9.59 Å². The lowest BCUT2D eigenvalue weighted by molar-refractivity contribution is -0.135. The number of hydrogen-bond donors (Lipinski definition) is 2. The van der Waals surface area contributed by atoms with Crippen molar-refractivity contribution in [2.75, 3.05) is 26.7 Å². The fourth-order valence-electron chi connectivity index (χ4n) is 3.73. The molecule has 8 heteroatoms. The zero-order valence-corrected chi connectivity index (χ0v) is 18.8. The maximum Gasteiger partial charge on any atom is 0.251 e. The lowest BCUT2D eigenvalue weighted by atomic mass is 9.96. The molecule has 2 atom stereocenters. The molecule has 6 nitrogen and oxygen atoms in total. The van der Waals surface area contributed by atoms with Gasteiger partial charge in [-0.05, 0) is 56.1 Å². The first-order valence-corrected chi connectivity index (χ1v) is 9.85. The van der Waals surface area contributed by atoms with Gasteiger partial charge in [-0.25, -0.2) is 0 Å². The van der Waals surface area contributed by atoms with Crippen LogP contribution in [0.2, 0.25) is 0 Å². The number of likely N-dealkylation sites (tertiary alicyclic amines) is 1. The molecule has 0 spiro atoms. The van der Waals surface area contributed by atoms with E-state index in [-0.39, 0.29) is 36.6 Å². The predicted octanol–water partition coefficient (Wildman–Crippen LogP) is 2.72. The molecule has 2 amide bonds. The number of halogens is 2. The largest absolute Gasteiger partial charge is 0.341 e. The number of pyridine rings is 1. The van der Waals surface area contributed by atoms with E-state index in [1.54, 1.807) is 24.5 Å². The fourth-order valence-corrected chi connectivity index (χ4v) is 3.73. The van der Waals surface area contributed by atoms with Crippen molar-refractivity contribution >= 4 is 36.6 Å². The lowest BCUT2D eigenvalue weighted by Gasteiger charge is -2.35. The van der Waals surface area contributed by atoms with E-state index in [1.165, 1.54) is 0 Å². The SMILES string of the molecule is CNCC1CCCN(C(=O)C(Cc2cccnc2)NC(=O)c2ccccc2)C1.Cl.Cl. The second kappa shape index (κ2) is 13.2. The normalized spacial score (nSPS) is 16.6. The summed E-state index contributed by atoms with van der Waals surface area (Å²) in [5.41, 5.74) is 1.48. The Morgan fingerprint density at radius 3 is 2.60 bits per heavy atom. The monoisotopic (exact) mass is 452 g/mol. The molecule has 0 aliphatic carbocycles. The van der Waals surface area contributed by atoms with E-state index in [1.807, 2.05) is 42.3 Å². The number of nitrogens with one attached hydrogen (secondary N) is 2. The Bertz CT molecular complexity index is 775. The van der Waals surface area contributed by atoms with E-state index in [2.05, 4.69) is 15.6 Å². The summed E-state index contributed by atoms with van der Waals surface area (Å²) in [6.45, 7) is 2.36. The Kier molecular flexibility index (Phi) is 11.4. The summed E-state index contributed by atoms with van der Waals surface area (Å²) in [4.78, 5) is 32.0. The predicted molar refractivity (Wildman–Crippen MR) is 123 cm³/mol. The van der Waals surface area contributed by atoms with Crippen LogP contribution in [0, 0.1) is 5.92 Å². The summed E-state index contributed by atoms with van der Waals surface area (Å²) >= 11 is 0. The van der Waals surface area contributed by atoms with Crippen LogP contribution in [0.1, 0.15) is 28.8 Å². The average molecular weight is 453 g/mol. The van der Waals surface area contributed by atoms with Gasteiger partial charge in [0, 0.05) is 37.5 Å². The van der Waals surface area contributed by atoms with E-state index in [9.17, 15) is 9.59 Å². The van der Waals surface area contributed by atoms with Gasteiger partial charge in [-0.15, -0.1) is 24.8 Å². The van der Waals surface area contributed by atoms with Crippen molar-refractivity contribution in [3.8, 4) is 0 Å². The first-order valence-electron chi connectivity index (χ1n) is 9.85. The quantitative estimate of drug-likeness (QED) is 0.676. The number of nitrogens with zero attached hydrogens (tertiary/aromatic N) is 2. The molecule has 2 aromatic rings. The van der Waals surface area contributed by atoms with Gasteiger partial charge in [0.1, 0.15) is 6.04 Å². The van der Waals surface area contributed by atoms with Crippen LogP contribution in [-0.4, -0.2) is 54.4 Å². The van der Waals surface area contributed by atoms with E-state index in [0.29, 0.717) is 17.9 Å². The van der Waals surface area contributed by atoms with Gasteiger partial charge in [-0.2, -0.15) is 0 Å². The minimum absolute atomic E-state index is 0. The standard InChI is InChI=1S/C22H28N4O2.2ClH/c1-23-14-18-8-6-12-26(16-18)22(28)20(13-17-7-5-11-24-15-17)25-21(27)19-9-3-2-4-10-19;;/h2-5,7,9-11,15,18,20,23H,6,8,12-14,16H2,1H3,(H,25,27);2*1H. The molecule has 1 aromatic carbocycles. The molecule has 2 heterocycles. The van der Waals surface area contributed by atoms with Gasteiger partial charge in [0.15, 0.2) is 0 Å². The minimum Gasteiger partial charge on any atom is -0.341 e. The van der Waals surface area contributed by atoms with Crippen LogP contribution in [0.4, 0.5) is 0 Å². The van der Waals surface area contributed by atoms with Gasteiger partial charge in [0.2, 0.25) is 5.91 Å². The number of rotatable bonds is 7. The third-order valence-corrected chi connectivity index (χ3v) is 5.13. The Hall–Kier alpha value is -2.15. The van der Waals surface area contributed by atoms with E-state index >= 15 is 0 Å². The van der Waals surface area contributed by atoms with Crippen LogP contribution < -0.4 is 10.6 Å². The average Bonchev–Trinajstić information content (AvgIpc) is 2.74. The zero-order valence-electron chi connectivity index (χ0n) is 17.1. The van der Waals surface area contributed by atoms with Gasteiger partial charge >= 0.3 is 0 Å². The van der Waals surface area contributed by atoms with Gasteiger partial charge in [0.25, 0.3) is 5.91 Å². The Morgan fingerprint density at radius 1 is 1.17 bits per heavy atom. The molecule has 2 unspecified atom stereocenters. The number of benzene rings is 1. The molecule has 2 N–H and O–H groups in total. The number of carbonyl (C=O) groups excluding carboxylic acids is 2. The molecule has 1 fully saturated rings. The number of aromatic nitrogens is 1. The number of hydrogen-bond acceptors (Lipinski definition) is 4. The first-order chi connectivity index (χ1) is 13.7. The maximum absolute atomic E-state index is 13.3. The van der Waals surface area contributed by atoms with Crippen molar-refractivity contribution in [1.29, 1.82) is 0 Å². The van der Waals surface area contributed by atoms with Crippen LogP contribution in [0.5, 0.6) is 0 Å². The zero-order chi connectivity index (χ0) is 19.8. The molecule has 0 saturated carbocycles. The highest BCUT2D eigenvalue weighted by atomic mass is 35.5. The first kappa shape index (κ1) is 25.9. The third-order valence-electron chi connectivity index (χ3n) is 5.13. The molecule has 1 saturated heterocycles. The summed E-state index contributed by atoms with van der Waals surface area (Å²) < 4.78 is 0. The van der Waals surface area contributed by atoms with Crippen LogP contribution in [0.3, 0.4) is 0 Å². The van der Waals surface area contributed by atoms with Crippen LogP contribution >= 0.6 is 24.8 Å². The molecule has 0 radical (unpaired) electrons. The van der Waals surface area contributed by atoms with Crippen LogP contribution in [0.15, 0.2) is 54.9 Å². The van der Waals surface area contributed by atoms with Crippen LogP contribution in [0.25, 0.3) is 0 Å².